The Hall–Kier alpha value is -1.54. The second-order valence-electron chi connectivity index (χ2n) is 6.00. The predicted molar refractivity (Wildman–Crippen MR) is 84.0 cm³/mol. The van der Waals surface area contributed by atoms with Crippen molar-refractivity contribution in [2.45, 2.75) is 57.5 Å². The molecular weight excluding hydrogens is 280 g/mol. The molecule has 0 aromatic heterocycles. The third kappa shape index (κ3) is 4.01. The summed E-state index contributed by atoms with van der Waals surface area (Å²) in [7, 11) is 0. The van der Waals surface area contributed by atoms with Crippen LogP contribution in [0.5, 0.6) is 0 Å². The number of hydrogen-bond donors (Lipinski definition) is 0. The molecule has 5 nitrogen and oxygen atoms in total. The molecule has 2 fully saturated rings. The molecule has 122 valence electrons. The highest BCUT2D eigenvalue weighted by Gasteiger charge is 2.36. The van der Waals surface area contributed by atoms with E-state index in [1.807, 2.05) is 6.92 Å². The van der Waals surface area contributed by atoms with Crippen molar-refractivity contribution in [3.8, 4) is 12.3 Å². The van der Waals surface area contributed by atoms with E-state index in [0.29, 0.717) is 26.1 Å². The summed E-state index contributed by atoms with van der Waals surface area (Å²) in [6.45, 7) is 4.24. The fraction of sp³-hybridized carbons (Fsp3) is 0.765. The molecule has 5 heteroatoms. The van der Waals surface area contributed by atoms with E-state index in [1.165, 1.54) is 0 Å². The van der Waals surface area contributed by atoms with Gasteiger partial charge in [-0.05, 0) is 39.2 Å². The van der Waals surface area contributed by atoms with E-state index < -0.39 is 0 Å². The lowest BCUT2D eigenvalue weighted by Gasteiger charge is -2.39. The first-order valence-electron chi connectivity index (χ1n) is 8.31. The van der Waals surface area contributed by atoms with Gasteiger partial charge in [0.1, 0.15) is 6.04 Å². The van der Waals surface area contributed by atoms with Crippen LogP contribution in [0.1, 0.15) is 45.4 Å². The number of carbonyl (C=O) groups excluding carboxylic acids is 2. The first kappa shape index (κ1) is 16.8. The van der Waals surface area contributed by atoms with Crippen LogP contribution in [0.3, 0.4) is 0 Å². The van der Waals surface area contributed by atoms with Crippen LogP contribution in [0.15, 0.2) is 0 Å². The second-order valence-corrected chi connectivity index (χ2v) is 6.00. The molecule has 0 N–H and O–H groups in total. The van der Waals surface area contributed by atoms with Crippen LogP contribution in [-0.4, -0.2) is 60.0 Å². The van der Waals surface area contributed by atoms with Crippen molar-refractivity contribution in [3.05, 3.63) is 0 Å². The maximum Gasteiger partial charge on any atom is 0.323 e. The summed E-state index contributed by atoms with van der Waals surface area (Å²) in [6.07, 6.45) is 10.6. The van der Waals surface area contributed by atoms with Crippen molar-refractivity contribution in [1.29, 1.82) is 0 Å². The third-order valence-electron chi connectivity index (χ3n) is 4.63. The van der Waals surface area contributed by atoms with Gasteiger partial charge in [0.15, 0.2) is 0 Å². The SMILES string of the molecule is C#CCN1CCC(N2CCCCC2C(=O)OCC)CCC1=O. The zero-order valence-electron chi connectivity index (χ0n) is 13.4. The average Bonchev–Trinajstić information content (AvgIpc) is 2.71. The molecule has 0 spiro atoms. The minimum absolute atomic E-state index is 0.113. The van der Waals surface area contributed by atoms with Gasteiger partial charge in [0.05, 0.1) is 13.2 Å². The van der Waals surface area contributed by atoms with Crippen molar-refractivity contribution >= 4 is 11.9 Å². The molecule has 0 aromatic carbocycles. The van der Waals surface area contributed by atoms with E-state index in [9.17, 15) is 9.59 Å². The van der Waals surface area contributed by atoms with Gasteiger partial charge >= 0.3 is 5.97 Å². The van der Waals surface area contributed by atoms with E-state index >= 15 is 0 Å². The summed E-state index contributed by atoms with van der Waals surface area (Å²) in [6, 6.07) is 0.120. The predicted octanol–water partition coefficient (Wildman–Crippen LogP) is 1.42. The normalized spacial score (nSPS) is 27.1. The highest BCUT2D eigenvalue weighted by atomic mass is 16.5. The highest BCUT2D eigenvalue weighted by Crippen LogP contribution is 2.26. The van der Waals surface area contributed by atoms with Crippen LogP contribution in [0, 0.1) is 12.3 Å². The number of hydrogen-bond acceptors (Lipinski definition) is 4. The molecule has 2 unspecified atom stereocenters. The Kier molecular flexibility index (Phi) is 6.26. The molecule has 0 saturated carbocycles. The van der Waals surface area contributed by atoms with Gasteiger partial charge in [-0.3, -0.25) is 14.5 Å². The van der Waals surface area contributed by atoms with E-state index in [4.69, 9.17) is 11.2 Å². The molecule has 2 atom stereocenters. The summed E-state index contributed by atoms with van der Waals surface area (Å²) in [4.78, 5) is 28.3. The molecule has 0 aliphatic carbocycles. The van der Waals surface area contributed by atoms with Gasteiger partial charge in [0.25, 0.3) is 0 Å². The molecule has 2 aliphatic heterocycles. The molecule has 2 saturated heterocycles. The van der Waals surface area contributed by atoms with Crippen molar-refractivity contribution in [1.82, 2.24) is 9.80 Å². The topological polar surface area (TPSA) is 49.9 Å². The van der Waals surface area contributed by atoms with Gasteiger partial charge in [-0.15, -0.1) is 6.42 Å². The van der Waals surface area contributed by atoms with Crippen LogP contribution in [0.4, 0.5) is 0 Å². The van der Waals surface area contributed by atoms with Gasteiger partial charge in [0, 0.05) is 19.0 Å². The number of ether oxygens (including phenoxy) is 1. The lowest BCUT2D eigenvalue weighted by molar-refractivity contribution is -0.152. The second kappa shape index (κ2) is 8.19. The first-order chi connectivity index (χ1) is 10.7. The van der Waals surface area contributed by atoms with E-state index in [2.05, 4.69) is 10.8 Å². The number of amides is 1. The Balaban J connectivity index is 2.03. The molecule has 2 heterocycles. The quantitative estimate of drug-likeness (QED) is 0.582. The van der Waals surface area contributed by atoms with Gasteiger partial charge < -0.3 is 9.64 Å². The van der Waals surface area contributed by atoms with E-state index in [0.717, 1.165) is 38.6 Å². The summed E-state index contributed by atoms with van der Waals surface area (Å²) in [5.74, 6) is 2.57. The van der Waals surface area contributed by atoms with Crippen molar-refractivity contribution in [3.63, 3.8) is 0 Å². The Morgan fingerprint density at radius 1 is 1.32 bits per heavy atom. The Bertz CT molecular complexity index is 444. The smallest absolute Gasteiger partial charge is 0.323 e. The monoisotopic (exact) mass is 306 g/mol. The molecular formula is C17H26N2O3. The number of likely N-dealkylation sites (tertiary alicyclic amines) is 2. The molecule has 1 amide bonds. The maximum absolute atomic E-state index is 12.2. The number of carbonyl (C=O) groups is 2. The van der Waals surface area contributed by atoms with Crippen LogP contribution in [-0.2, 0) is 14.3 Å². The lowest BCUT2D eigenvalue weighted by Crippen LogP contribution is -2.50. The number of piperidine rings is 1. The Morgan fingerprint density at radius 3 is 2.86 bits per heavy atom. The first-order valence-corrected chi connectivity index (χ1v) is 8.31. The maximum atomic E-state index is 12.2. The summed E-state index contributed by atoms with van der Waals surface area (Å²) in [5, 5.41) is 0. The minimum Gasteiger partial charge on any atom is -0.465 e. The van der Waals surface area contributed by atoms with E-state index in [1.54, 1.807) is 4.90 Å². The van der Waals surface area contributed by atoms with Crippen LogP contribution >= 0.6 is 0 Å². The van der Waals surface area contributed by atoms with Crippen LogP contribution in [0.25, 0.3) is 0 Å². The Labute approximate surface area is 133 Å². The number of nitrogens with zero attached hydrogens (tertiary/aromatic N) is 2. The number of esters is 1. The van der Waals surface area contributed by atoms with E-state index in [-0.39, 0.29) is 24.0 Å². The van der Waals surface area contributed by atoms with Gasteiger partial charge in [0.2, 0.25) is 5.91 Å². The zero-order valence-corrected chi connectivity index (χ0v) is 13.4. The molecule has 2 aliphatic rings. The molecule has 2 rings (SSSR count). The highest BCUT2D eigenvalue weighted by molar-refractivity contribution is 5.77. The minimum atomic E-state index is -0.145. The molecule has 0 bridgehead atoms. The zero-order chi connectivity index (χ0) is 15.9. The Morgan fingerprint density at radius 2 is 2.14 bits per heavy atom. The molecule has 22 heavy (non-hydrogen) atoms. The molecule has 0 radical (unpaired) electrons. The number of terminal acetylenes is 1. The third-order valence-corrected chi connectivity index (χ3v) is 4.63. The van der Waals surface area contributed by atoms with Gasteiger partial charge in [-0.2, -0.15) is 0 Å². The number of rotatable bonds is 4. The van der Waals surface area contributed by atoms with Crippen molar-refractivity contribution in [2.75, 3.05) is 26.2 Å². The van der Waals surface area contributed by atoms with Gasteiger partial charge in [-0.25, -0.2) is 0 Å². The largest absolute Gasteiger partial charge is 0.465 e. The summed E-state index contributed by atoms with van der Waals surface area (Å²) in [5.41, 5.74) is 0. The summed E-state index contributed by atoms with van der Waals surface area (Å²) >= 11 is 0. The standard InChI is InChI=1S/C17H26N2O3/c1-3-11-18-13-10-14(8-9-16(18)20)19-12-6-5-7-15(19)17(21)22-4-2/h1,14-15H,4-13H2,2H3. The van der Waals surface area contributed by atoms with Crippen LogP contribution in [0.2, 0.25) is 0 Å². The fourth-order valence-electron chi connectivity index (χ4n) is 3.51. The lowest BCUT2D eigenvalue weighted by atomic mass is 9.96. The van der Waals surface area contributed by atoms with Crippen LogP contribution < -0.4 is 0 Å². The fourth-order valence-corrected chi connectivity index (χ4v) is 3.51. The van der Waals surface area contributed by atoms with Crippen molar-refractivity contribution < 1.29 is 14.3 Å². The molecule has 0 aromatic rings. The summed E-state index contributed by atoms with van der Waals surface area (Å²) < 4.78 is 5.23. The van der Waals surface area contributed by atoms with Gasteiger partial charge in [-0.1, -0.05) is 12.3 Å². The van der Waals surface area contributed by atoms with Crippen molar-refractivity contribution in [2.24, 2.45) is 0 Å². The average molecular weight is 306 g/mol.